The highest BCUT2D eigenvalue weighted by Crippen LogP contribution is 2.32. The average molecular weight is 460 g/mol. The number of nitrogens with zero attached hydrogens (tertiary/aromatic N) is 2. The highest BCUT2D eigenvalue weighted by atomic mass is 16.5. The number of methoxy groups -OCH3 is 2. The maximum absolute atomic E-state index is 12.3. The Morgan fingerprint density at radius 3 is 2.50 bits per heavy atom. The number of hydrogen-bond acceptors (Lipinski definition) is 7. The van der Waals surface area contributed by atoms with Crippen LogP contribution in [0, 0.1) is 6.92 Å². The number of aryl methyl sites for hydroxylation is 1. The van der Waals surface area contributed by atoms with Crippen LogP contribution >= 0.6 is 0 Å². The second kappa shape index (κ2) is 10.5. The Kier molecular flexibility index (Phi) is 7.07. The first-order chi connectivity index (χ1) is 16.6. The van der Waals surface area contributed by atoms with Crippen molar-refractivity contribution >= 4 is 5.91 Å². The molecule has 0 bridgehead atoms. The van der Waals surface area contributed by atoms with Gasteiger partial charge in [-0.05, 0) is 42.8 Å². The summed E-state index contributed by atoms with van der Waals surface area (Å²) in [5, 5.41) is 6.92. The lowest BCUT2D eigenvalue weighted by Crippen LogP contribution is -2.28. The summed E-state index contributed by atoms with van der Waals surface area (Å²) in [6, 6.07) is 20.6. The van der Waals surface area contributed by atoms with E-state index < -0.39 is 0 Å². The molecule has 3 aromatic carbocycles. The van der Waals surface area contributed by atoms with Crippen LogP contribution in [-0.4, -0.2) is 36.9 Å². The third-order valence-electron chi connectivity index (χ3n) is 5.25. The van der Waals surface area contributed by atoms with Crippen LogP contribution in [0.25, 0.3) is 22.8 Å². The summed E-state index contributed by atoms with van der Waals surface area (Å²) < 4.78 is 21.9. The molecule has 1 amide bonds. The minimum atomic E-state index is -0.266. The normalized spacial score (nSPS) is 10.6. The molecule has 8 nitrogen and oxygen atoms in total. The number of hydrogen-bond donors (Lipinski definition) is 1. The fraction of sp³-hybridized carbons (Fsp3) is 0.192. The van der Waals surface area contributed by atoms with Gasteiger partial charge in [-0.1, -0.05) is 41.6 Å². The first-order valence-corrected chi connectivity index (χ1v) is 10.7. The smallest absolute Gasteiger partial charge is 0.258 e. The highest BCUT2D eigenvalue weighted by Gasteiger charge is 2.15. The van der Waals surface area contributed by atoms with E-state index in [2.05, 4.69) is 15.5 Å². The lowest BCUT2D eigenvalue weighted by molar-refractivity contribution is -0.123. The minimum Gasteiger partial charge on any atom is -0.496 e. The molecule has 0 aliphatic carbocycles. The molecule has 8 heteroatoms. The van der Waals surface area contributed by atoms with E-state index in [0.717, 1.165) is 16.7 Å². The van der Waals surface area contributed by atoms with Crippen molar-refractivity contribution in [2.45, 2.75) is 13.5 Å². The Morgan fingerprint density at radius 1 is 0.941 bits per heavy atom. The van der Waals surface area contributed by atoms with Crippen LogP contribution in [-0.2, 0) is 11.3 Å². The molecule has 4 aromatic rings. The predicted molar refractivity (Wildman–Crippen MR) is 127 cm³/mol. The zero-order valence-electron chi connectivity index (χ0n) is 19.2. The van der Waals surface area contributed by atoms with Crippen LogP contribution in [0.5, 0.6) is 17.2 Å². The quantitative estimate of drug-likeness (QED) is 0.396. The number of benzene rings is 3. The zero-order chi connectivity index (χ0) is 23.9. The summed E-state index contributed by atoms with van der Waals surface area (Å²) in [6.07, 6.45) is 0. The molecule has 0 saturated heterocycles. The molecule has 34 heavy (non-hydrogen) atoms. The van der Waals surface area contributed by atoms with Crippen molar-refractivity contribution in [3.8, 4) is 40.1 Å². The van der Waals surface area contributed by atoms with Crippen molar-refractivity contribution in [3.05, 3.63) is 77.9 Å². The van der Waals surface area contributed by atoms with E-state index in [0.29, 0.717) is 41.1 Å². The standard InChI is InChI=1S/C26H25N3O5/c1-17-8-4-6-10-20(17)26-28-25(29-34-26)18-12-13-22(23(14-18)32-3)33-16-24(30)27-15-19-9-5-7-11-21(19)31-2/h4-14H,15-16H2,1-3H3,(H,27,30). The van der Waals surface area contributed by atoms with Gasteiger partial charge >= 0.3 is 0 Å². The summed E-state index contributed by atoms with van der Waals surface area (Å²) >= 11 is 0. The van der Waals surface area contributed by atoms with Gasteiger partial charge in [-0.15, -0.1) is 0 Å². The van der Waals surface area contributed by atoms with Crippen LogP contribution < -0.4 is 19.5 Å². The number of aromatic nitrogens is 2. The maximum Gasteiger partial charge on any atom is 0.258 e. The maximum atomic E-state index is 12.3. The second-order valence-corrected chi connectivity index (χ2v) is 7.48. The highest BCUT2D eigenvalue weighted by molar-refractivity contribution is 5.77. The molecular formula is C26H25N3O5. The monoisotopic (exact) mass is 459 g/mol. The lowest BCUT2D eigenvalue weighted by Gasteiger charge is -2.12. The lowest BCUT2D eigenvalue weighted by atomic mass is 10.1. The molecule has 1 N–H and O–H groups in total. The van der Waals surface area contributed by atoms with Crippen molar-refractivity contribution in [2.75, 3.05) is 20.8 Å². The predicted octanol–water partition coefficient (Wildman–Crippen LogP) is 4.42. The number of carbonyl (C=O) groups excluding carboxylic acids is 1. The number of amides is 1. The van der Waals surface area contributed by atoms with Crippen molar-refractivity contribution in [3.63, 3.8) is 0 Å². The van der Waals surface area contributed by atoms with Gasteiger partial charge in [-0.3, -0.25) is 4.79 Å². The van der Waals surface area contributed by atoms with Gasteiger partial charge in [0, 0.05) is 23.2 Å². The largest absolute Gasteiger partial charge is 0.496 e. The summed E-state index contributed by atoms with van der Waals surface area (Å²) in [4.78, 5) is 16.8. The molecular weight excluding hydrogens is 434 g/mol. The van der Waals surface area contributed by atoms with Gasteiger partial charge in [0.2, 0.25) is 5.82 Å². The molecule has 1 heterocycles. The number of carbonyl (C=O) groups is 1. The summed E-state index contributed by atoms with van der Waals surface area (Å²) in [5.74, 6) is 2.21. The van der Waals surface area contributed by atoms with Gasteiger partial charge in [-0.2, -0.15) is 4.98 Å². The number of nitrogens with one attached hydrogen (secondary N) is 1. The first kappa shape index (κ1) is 22.8. The minimum absolute atomic E-state index is 0.162. The third-order valence-corrected chi connectivity index (χ3v) is 5.25. The van der Waals surface area contributed by atoms with Gasteiger partial charge < -0.3 is 24.1 Å². The topological polar surface area (TPSA) is 95.7 Å². The average Bonchev–Trinajstić information content (AvgIpc) is 3.36. The van der Waals surface area contributed by atoms with E-state index in [1.165, 1.54) is 7.11 Å². The zero-order valence-corrected chi connectivity index (χ0v) is 19.2. The van der Waals surface area contributed by atoms with Crippen molar-refractivity contribution in [1.29, 1.82) is 0 Å². The van der Waals surface area contributed by atoms with E-state index in [4.69, 9.17) is 18.7 Å². The second-order valence-electron chi connectivity index (χ2n) is 7.48. The van der Waals surface area contributed by atoms with E-state index in [1.54, 1.807) is 25.3 Å². The first-order valence-electron chi connectivity index (χ1n) is 10.7. The molecule has 0 spiro atoms. The Balaban J connectivity index is 1.41. The molecule has 0 saturated carbocycles. The van der Waals surface area contributed by atoms with E-state index in [-0.39, 0.29) is 12.5 Å². The van der Waals surface area contributed by atoms with Gasteiger partial charge in [0.15, 0.2) is 18.1 Å². The summed E-state index contributed by atoms with van der Waals surface area (Å²) in [7, 11) is 3.13. The summed E-state index contributed by atoms with van der Waals surface area (Å²) in [6.45, 7) is 2.16. The van der Waals surface area contributed by atoms with E-state index >= 15 is 0 Å². The molecule has 0 fully saturated rings. The Labute approximate surface area is 197 Å². The number of rotatable bonds is 9. The molecule has 0 radical (unpaired) electrons. The fourth-order valence-corrected chi connectivity index (χ4v) is 3.43. The van der Waals surface area contributed by atoms with Crippen molar-refractivity contribution < 1.29 is 23.5 Å². The molecule has 0 atom stereocenters. The fourth-order valence-electron chi connectivity index (χ4n) is 3.43. The number of ether oxygens (including phenoxy) is 3. The van der Waals surface area contributed by atoms with Crippen LogP contribution in [0.15, 0.2) is 71.3 Å². The van der Waals surface area contributed by atoms with Gasteiger partial charge in [-0.25, -0.2) is 0 Å². The Morgan fingerprint density at radius 2 is 1.71 bits per heavy atom. The van der Waals surface area contributed by atoms with Crippen LogP contribution in [0.2, 0.25) is 0 Å². The van der Waals surface area contributed by atoms with Gasteiger partial charge in [0.05, 0.1) is 14.2 Å². The Bertz CT molecular complexity index is 1280. The summed E-state index contributed by atoms with van der Waals surface area (Å²) in [5.41, 5.74) is 3.51. The molecule has 1 aromatic heterocycles. The number of para-hydroxylation sites is 1. The molecule has 0 aliphatic heterocycles. The van der Waals surface area contributed by atoms with Gasteiger partial charge in [0.1, 0.15) is 5.75 Å². The van der Waals surface area contributed by atoms with Crippen molar-refractivity contribution in [2.24, 2.45) is 0 Å². The molecule has 0 aliphatic rings. The molecule has 174 valence electrons. The molecule has 0 unspecified atom stereocenters. The van der Waals surface area contributed by atoms with Crippen LogP contribution in [0.3, 0.4) is 0 Å². The van der Waals surface area contributed by atoms with Crippen LogP contribution in [0.4, 0.5) is 0 Å². The van der Waals surface area contributed by atoms with E-state index in [9.17, 15) is 4.79 Å². The third kappa shape index (κ3) is 5.17. The van der Waals surface area contributed by atoms with Crippen LogP contribution in [0.1, 0.15) is 11.1 Å². The van der Waals surface area contributed by atoms with E-state index in [1.807, 2.05) is 55.5 Å². The Hall–Kier alpha value is -4.33. The molecule has 4 rings (SSSR count). The van der Waals surface area contributed by atoms with Crippen molar-refractivity contribution in [1.82, 2.24) is 15.5 Å². The van der Waals surface area contributed by atoms with Gasteiger partial charge in [0.25, 0.3) is 11.8 Å². The SMILES string of the molecule is COc1ccccc1CNC(=O)COc1ccc(-c2noc(-c3ccccc3C)n2)cc1OC.